The minimum absolute atomic E-state index is 0.0422. The summed E-state index contributed by atoms with van der Waals surface area (Å²) in [5.41, 5.74) is 7.09. The molecule has 0 radical (unpaired) electrons. The first-order valence-electron chi connectivity index (χ1n) is 7.33. The number of nitrogens with two attached hydrogens (primary N) is 1. The Balaban J connectivity index is 1.90. The fourth-order valence-corrected chi connectivity index (χ4v) is 3.23. The second-order valence-electron chi connectivity index (χ2n) is 5.35. The molecule has 0 amide bonds. The zero-order valence-electron chi connectivity index (χ0n) is 12.4. The van der Waals surface area contributed by atoms with Gasteiger partial charge in [-0.25, -0.2) is 0 Å². The van der Waals surface area contributed by atoms with Crippen LogP contribution in [0.5, 0.6) is 0 Å². The van der Waals surface area contributed by atoms with Gasteiger partial charge in [0.05, 0.1) is 6.04 Å². The zero-order valence-corrected chi connectivity index (χ0v) is 14.0. The third-order valence-electron chi connectivity index (χ3n) is 4.04. The minimum Gasteiger partial charge on any atom is -0.409 e. The fraction of sp³-hybridized carbons (Fsp3) is 0.533. The van der Waals surface area contributed by atoms with E-state index in [1.54, 1.807) is 0 Å². The van der Waals surface area contributed by atoms with Gasteiger partial charge < -0.3 is 10.9 Å². The van der Waals surface area contributed by atoms with Gasteiger partial charge in [0.15, 0.2) is 5.84 Å². The van der Waals surface area contributed by atoms with E-state index in [4.69, 9.17) is 10.9 Å². The highest BCUT2D eigenvalue weighted by Gasteiger charge is 2.25. The van der Waals surface area contributed by atoms with Crippen LogP contribution in [0.15, 0.2) is 33.9 Å². The van der Waals surface area contributed by atoms with Crippen LogP contribution in [-0.2, 0) is 6.54 Å². The Morgan fingerprint density at radius 3 is 2.57 bits per heavy atom. The summed E-state index contributed by atoms with van der Waals surface area (Å²) >= 11 is 3.60. The molecule has 1 unspecified atom stereocenters. The van der Waals surface area contributed by atoms with Crippen LogP contribution in [-0.4, -0.2) is 53.1 Å². The van der Waals surface area contributed by atoms with Crippen LogP contribution in [0.2, 0.25) is 0 Å². The Kier molecular flexibility index (Phi) is 6.02. The van der Waals surface area contributed by atoms with Gasteiger partial charge in [0, 0.05) is 37.2 Å². The molecule has 1 heterocycles. The van der Waals surface area contributed by atoms with Crippen molar-refractivity contribution < 1.29 is 5.21 Å². The van der Waals surface area contributed by atoms with Gasteiger partial charge in [0.2, 0.25) is 0 Å². The SMILES string of the molecule is CCC(C(N)=NO)N1CCN(Cc2ccccc2Br)CC1. The van der Waals surface area contributed by atoms with Crippen LogP contribution in [0, 0.1) is 0 Å². The van der Waals surface area contributed by atoms with Gasteiger partial charge in [0.25, 0.3) is 0 Å². The topological polar surface area (TPSA) is 65.1 Å². The lowest BCUT2D eigenvalue weighted by molar-refractivity contribution is 0.109. The summed E-state index contributed by atoms with van der Waals surface area (Å²) in [6, 6.07) is 8.38. The quantitative estimate of drug-likeness (QED) is 0.367. The molecular formula is C15H23BrN4O. The van der Waals surface area contributed by atoms with E-state index in [0.29, 0.717) is 5.84 Å². The Morgan fingerprint density at radius 1 is 1.33 bits per heavy atom. The van der Waals surface area contributed by atoms with Gasteiger partial charge in [-0.1, -0.05) is 46.2 Å². The van der Waals surface area contributed by atoms with E-state index in [1.807, 2.05) is 6.07 Å². The highest BCUT2D eigenvalue weighted by molar-refractivity contribution is 9.10. The third kappa shape index (κ3) is 4.18. The normalized spacial score (nSPS) is 19.6. The van der Waals surface area contributed by atoms with E-state index >= 15 is 0 Å². The Bertz CT molecular complexity index is 486. The molecular weight excluding hydrogens is 332 g/mol. The molecule has 1 fully saturated rings. The van der Waals surface area contributed by atoms with Gasteiger partial charge in [-0.2, -0.15) is 0 Å². The van der Waals surface area contributed by atoms with Crippen LogP contribution in [0.25, 0.3) is 0 Å². The molecule has 2 rings (SSSR count). The molecule has 1 atom stereocenters. The Morgan fingerprint density at radius 2 is 2.00 bits per heavy atom. The lowest BCUT2D eigenvalue weighted by Crippen LogP contribution is -2.53. The van der Waals surface area contributed by atoms with Crippen molar-refractivity contribution >= 4 is 21.8 Å². The molecule has 1 saturated heterocycles. The molecule has 1 aromatic carbocycles. The molecule has 0 spiro atoms. The molecule has 21 heavy (non-hydrogen) atoms. The van der Waals surface area contributed by atoms with Crippen molar-refractivity contribution in [2.24, 2.45) is 10.9 Å². The number of rotatable bonds is 5. The second kappa shape index (κ2) is 7.77. The second-order valence-corrected chi connectivity index (χ2v) is 6.21. The zero-order chi connectivity index (χ0) is 15.2. The first-order valence-corrected chi connectivity index (χ1v) is 8.12. The van der Waals surface area contributed by atoms with E-state index in [0.717, 1.165) is 43.6 Å². The molecule has 0 saturated carbocycles. The largest absolute Gasteiger partial charge is 0.409 e. The number of amidine groups is 1. The van der Waals surface area contributed by atoms with Gasteiger partial charge in [-0.15, -0.1) is 0 Å². The van der Waals surface area contributed by atoms with Gasteiger partial charge in [-0.05, 0) is 18.1 Å². The van der Waals surface area contributed by atoms with Crippen molar-refractivity contribution in [2.75, 3.05) is 26.2 Å². The maximum Gasteiger partial charge on any atom is 0.156 e. The molecule has 6 heteroatoms. The summed E-state index contributed by atoms with van der Waals surface area (Å²) in [4.78, 5) is 4.74. The molecule has 1 aliphatic rings. The molecule has 1 aromatic rings. The van der Waals surface area contributed by atoms with Crippen LogP contribution in [0.3, 0.4) is 0 Å². The predicted molar refractivity (Wildman–Crippen MR) is 88.5 cm³/mol. The van der Waals surface area contributed by atoms with Gasteiger partial charge in [-0.3, -0.25) is 9.80 Å². The highest BCUT2D eigenvalue weighted by Crippen LogP contribution is 2.19. The van der Waals surface area contributed by atoms with Crippen molar-refractivity contribution in [1.29, 1.82) is 0 Å². The number of benzene rings is 1. The van der Waals surface area contributed by atoms with E-state index in [1.165, 1.54) is 5.56 Å². The van der Waals surface area contributed by atoms with E-state index in [9.17, 15) is 0 Å². The minimum atomic E-state index is 0.0422. The third-order valence-corrected chi connectivity index (χ3v) is 4.82. The summed E-state index contributed by atoms with van der Waals surface area (Å²) < 4.78 is 1.16. The number of piperazine rings is 1. The summed E-state index contributed by atoms with van der Waals surface area (Å²) in [5, 5.41) is 12.0. The van der Waals surface area contributed by atoms with E-state index < -0.39 is 0 Å². The van der Waals surface area contributed by atoms with Crippen LogP contribution in [0.4, 0.5) is 0 Å². The van der Waals surface area contributed by atoms with E-state index in [-0.39, 0.29) is 6.04 Å². The Hall–Kier alpha value is -1.11. The molecule has 0 bridgehead atoms. The molecule has 116 valence electrons. The van der Waals surface area contributed by atoms with E-state index in [2.05, 4.69) is 56.0 Å². The lowest BCUT2D eigenvalue weighted by atomic mass is 10.1. The molecule has 0 aliphatic carbocycles. The van der Waals surface area contributed by atoms with Gasteiger partial charge >= 0.3 is 0 Å². The maximum atomic E-state index is 8.86. The number of oxime groups is 1. The first kappa shape index (κ1) is 16.3. The predicted octanol–water partition coefficient (Wildman–Crippen LogP) is 2.09. The average Bonchev–Trinajstić information content (AvgIpc) is 2.51. The van der Waals surface area contributed by atoms with Crippen LogP contribution in [0.1, 0.15) is 18.9 Å². The van der Waals surface area contributed by atoms with Crippen molar-refractivity contribution in [2.45, 2.75) is 25.9 Å². The smallest absolute Gasteiger partial charge is 0.156 e. The van der Waals surface area contributed by atoms with Gasteiger partial charge in [0.1, 0.15) is 0 Å². The van der Waals surface area contributed by atoms with Crippen LogP contribution < -0.4 is 5.73 Å². The summed E-state index contributed by atoms with van der Waals surface area (Å²) in [5.74, 6) is 0.316. The lowest BCUT2D eigenvalue weighted by Gasteiger charge is -2.38. The maximum absolute atomic E-state index is 8.86. The fourth-order valence-electron chi connectivity index (χ4n) is 2.82. The number of hydrogen-bond donors (Lipinski definition) is 2. The monoisotopic (exact) mass is 354 g/mol. The van der Waals surface area contributed by atoms with Crippen molar-refractivity contribution in [3.63, 3.8) is 0 Å². The Labute approximate surface area is 134 Å². The molecule has 3 N–H and O–H groups in total. The van der Waals surface area contributed by atoms with Crippen molar-refractivity contribution in [1.82, 2.24) is 9.80 Å². The average molecular weight is 355 g/mol. The molecule has 5 nitrogen and oxygen atoms in total. The summed E-state index contributed by atoms with van der Waals surface area (Å²) in [7, 11) is 0. The standard InChI is InChI=1S/C15H23BrN4O/c1-2-14(15(17)18-21)20-9-7-19(8-10-20)11-12-5-3-4-6-13(12)16/h3-6,14,21H,2,7-11H2,1H3,(H2,17,18). The number of halogens is 1. The highest BCUT2D eigenvalue weighted by atomic mass is 79.9. The number of nitrogens with zero attached hydrogens (tertiary/aromatic N) is 3. The molecule has 0 aromatic heterocycles. The summed E-state index contributed by atoms with van der Waals surface area (Å²) in [6.07, 6.45) is 0.861. The summed E-state index contributed by atoms with van der Waals surface area (Å²) in [6.45, 7) is 6.90. The molecule has 1 aliphatic heterocycles. The van der Waals surface area contributed by atoms with Crippen LogP contribution >= 0.6 is 15.9 Å². The van der Waals surface area contributed by atoms with Crippen molar-refractivity contribution in [3.05, 3.63) is 34.3 Å². The first-order chi connectivity index (χ1) is 10.2. The van der Waals surface area contributed by atoms with Crippen molar-refractivity contribution in [3.8, 4) is 0 Å². The number of hydrogen-bond acceptors (Lipinski definition) is 4.